The number of halogens is 1. The smallest absolute Gasteiger partial charge is 0.261 e. The Bertz CT molecular complexity index is 1200. The third-order valence-electron chi connectivity index (χ3n) is 4.92. The molecule has 0 radical (unpaired) electrons. The molecule has 0 bridgehead atoms. The fourth-order valence-electron chi connectivity index (χ4n) is 3.31. The van der Waals surface area contributed by atoms with Crippen molar-refractivity contribution in [3.05, 3.63) is 77.6 Å². The van der Waals surface area contributed by atoms with E-state index in [0.717, 1.165) is 10.8 Å². The number of ether oxygens (including phenoxy) is 1. The number of benzene rings is 3. The quantitative estimate of drug-likeness (QED) is 0.391. The van der Waals surface area contributed by atoms with Gasteiger partial charge in [-0.05, 0) is 37.4 Å². The van der Waals surface area contributed by atoms with Gasteiger partial charge in [-0.2, -0.15) is 0 Å². The molecule has 158 valence electrons. The van der Waals surface area contributed by atoms with Crippen molar-refractivity contribution in [2.45, 2.75) is 26.4 Å². The highest BCUT2D eigenvalue weighted by Gasteiger charge is 2.22. The van der Waals surface area contributed by atoms with Crippen molar-refractivity contribution in [3.63, 3.8) is 0 Å². The Morgan fingerprint density at radius 3 is 2.58 bits per heavy atom. The Morgan fingerprint density at radius 1 is 1.03 bits per heavy atom. The summed E-state index contributed by atoms with van der Waals surface area (Å²) < 4.78 is 11.6. The molecular formula is C24H22ClN3O3. The van der Waals surface area contributed by atoms with E-state index < -0.39 is 0 Å². The van der Waals surface area contributed by atoms with Gasteiger partial charge in [0.1, 0.15) is 5.75 Å². The minimum absolute atomic E-state index is 0.0701. The van der Waals surface area contributed by atoms with Crippen LogP contribution in [0.2, 0.25) is 5.02 Å². The molecule has 1 amide bonds. The largest absolute Gasteiger partial charge is 0.483 e. The molecular weight excluding hydrogens is 414 g/mol. The van der Waals surface area contributed by atoms with Crippen LogP contribution in [0.4, 0.5) is 0 Å². The number of hydrogen-bond donors (Lipinski definition) is 0. The predicted molar refractivity (Wildman–Crippen MR) is 120 cm³/mol. The molecule has 0 unspecified atom stereocenters. The fourth-order valence-corrected chi connectivity index (χ4v) is 3.53. The molecule has 0 saturated heterocycles. The first-order chi connectivity index (χ1) is 15.0. The van der Waals surface area contributed by atoms with Gasteiger partial charge in [-0.15, -0.1) is 10.2 Å². The number of amides is 1. The zero-order chi connectivity index (χ0) is 21.8. The first-order valence-corrected chi connectivity index (χ1v) is 10.4. The first kappa shape index (κ1) is 20.9. The Kier molecular flexibility index (Phi) is 6.18. The molecule has 0 aliphatic carbocycles. The Hall–Kier alpha value is -3.38. The summed E-state index contributed by atoms with van der Waals surface area (Å²) in [4.78, 5) is 14.6. The normalized spacial score (nSPS) is 11.1. The van der Waals surface area contributed by atoms with Crippen LogP contribution in [0.5, 0.6) is 5.75 Å². The van der Waals surface area contributed by atoms with Crippen molar-refractivity contribution in [1.29, 1.82) is 0 Å². The number of fused-ring (bicyclic) bond motifs is 1. The van der Waals surface area contributed by atoms with E-state index in [1.807, 2.05) is 74.5 Å². The summed E-state index contributed by atoms with van der Waals surface area (Å²) >= 11 is 6.21. The minimum Gasteiger partial charge on any atom is -0.483 e. The van der Waals surface area contributed by atoms with E-state index in [4.69, 9.17) is 20.8 Å². The third kappa shape index (κ3) is 4.70. The topological polar surface area (TPSA) is 68.5 Å². The van der Waals surface area contributed by atoms with Crippen LogP contribution in [0.25, 0.3) is 22.2 Å². The molecule has 3 aromatic carbocycles. The molecule has 0 aliphatic rings. The first-order valence-electron chi connectivity index (χ1n) is 10.00. The molecule has 4 rings (SSSR count). The summed E-state index contributed by atoms with van der Waals surface area (Å²) in [5, 5.41) is 10.7. The molecule has 6 nitrogen and oxygen atoms in total. The Labute approximate surface area is 185 Å². The van der Waals surface area contributed by atoms with Crippen molar-refractivity contribution in [1.82, 2.24) is 15.1 Å². The van der Waals surface area contributed by atoms with Crippen molar-refractivity contribution >= 4 is 28.3 Å². The lowest BCUT2D eigenvalue weighted by Crippen LogP contribution is -2.39. The van der Waals surface area contributed by atoms with Gasteiger partial charge in [0.25, 0.3) is 5.91 Å². The van der Waals surface area contributed by atoms with E-state index in [2.05, 4.69) is 10.2 Å². The number of hydrogen-bond acceptors (Lipinski definition) is 5. The highest BCUT2D eigenvalue weighted by molar-refractivity contribution is 6.33. The van der Waals surface area contributed by atoms with Gasteiger partial charge in [-0.3, -0.25) is 4.79 Å². The molecule has 0 aliphatic heterocycles. The highest BCUT2D eigenvalue weighted by Crippen LogP contribution is 2.27. The predicted octanol–water partition coefficient (Wildman–Crippen LogP) is 5.36. The molecule has 0 spiro atoms. The molecule has 0 N–H and O–H groups in total. The van der Waals surface area contributed by atoms with Gasteiger partial charge in [0, 0.05) is 11.4 Å². The molecule has 0 saturated carbocycles. The summed E-state index contributed by atoms with van der Waals surface area (Å²) in [5.74, 6) is 1.17. The van der Waals surface area contributed by atoms with E-state index in [-0.39, 0.29) is 25.1 Å². The van der Waals surface area contributed by atoms with Gasteiger partial charge in [-0.1, -0.05) is 60.1 Å². The fraction of sp³-hybridized carbons (Fsp3) is 0.208. The number of carbonyl (C=O) groups is 1. The average Bonchev–Trinajstić information content (AvgIpc) is 3.24. The summed E-state index contributed by atoms with van der Waals surface area (Å²) in [6.45, 7) is 3.97. The summed E-state index contributed by atoms with van der Waals surface area (Å²) in [6, 6.07) is 20.9. The maximum atomic E-state index is 12.9. The van der Waals surface area contributed by atoms with Crippen LogP contribution in [-0.4, -0.2) is 33.7 Å². The van der Waals surface area contributed by atoms with Crippen LogP contribution in [0.1, 0.15) is 19.7 Å². The van der Waals surface area contributed by atoms with Crippen molar-refractivity contribution in [2.24, 2.45) is 0 Å². The number of aromatic nitrogens is 2. The second kappa shape index (κ2) is 9.18. The molecule has 1 heterocycles. The van der Waals surface area contributed by atoms with Gasteiger partial charge in [-0.25, -0.2) is 0 Å². The molecule has 7 heteroatoms. The molecule has 31 heavy (non-hydrogen) atoms. The molecule has 0 atom stereocenters. The van der Waals surface area contributed by atoms with Crippen molar-refractivity contribution in [2.75, 3.05) is 6.61 Å². The van der Waals surface area contributed by atoms with Crippen LogP contribution in [0.15, 0.2) is 71.1 Å². The van der Waals surface area contributed by atoms with Crippen LogP contribution in [0, 0.1) is 0 Å². The molecule has 1 aromatic heterocycles. The van der Waals surface area contributed by atoms with E-state index in [1.54, 1.807) is 11.0 Å². The van der Waals surface area contributed by atoms with Crippen LogP contribution in [-0.2, 0) is 11.3 Å². The van der Waals surface area contributed by atoms with Crippen LogP contribution in [0.3, 0.4) is 0 Å². The van der Waals surface area contributed by atoms with Crippen LogP contribution >= 0.6 is 11.6 Å². The van der Waals surface area contributed by atoms with E-state index in [9.17, 15) is 4.79 Å². The van der Waals surface area contributed by atoms with Crippen molar-refractivity contribution < 1.29 is 13.9 Å². The second-order valence-electron chi connectivity index (χ2n) is 7.36. The summed E-state index contributed by atoms with van der Waals surface area (Å²) in [7, 11) is 0. The summed E-state index contributed by atoms with van der Waals surface area (Å²) in [6.07, 6.45) is 0. The second-order valence-corrected chi connectivity index (χ2v) is 7.77. The van der Waals surface area contributed by atoms with E-state index >= 15 is 0 Å². The lowest BCUT2D eigenvalue weighted by molar-refractivity contribution is -0.136. The van der Waals surface area contributed by atoms with Gasteiger partial charge in [0.15, 0.2) is 6.61 Å². The van der Waals surface area contributed by atoms with E-state index in [1.165, 1.54) is 0 Å². The zero-order valence-electron chi connectivity index (χ0n) is 17.3. The van der Waals surface area contributed by atoms with Gasteiger partial charge in [0.2, 0.25) is 11.8 Å². The maximum Gasteiger partial charge on any atom is 0.261 e. The number of nitrogens with zero attached hydrogens (tertiary/aromatic N) is 3. The molecule has 0 fully saturated rings. The lowest BCUT2D eigenvalue weighted by Gasteiger charge is -2.25. The van der Waals surface area contributed by atoms with Gasteiger partial charge in [0.05, 0.1) is 17.1 Å². The van der Waals surface area contributed by atoms with Crippen LogP contribution < -0.4 is 4.74 Å². The number of carbonyl (C=O) groups excluding carboxylic acids is 1. The maximum absolute atomic E-state index is 12.9. The third-order valence-corrected chi connectivity index (χ3v) is 5.25. The van der Waals surface area contributed by atoms with Gasteiger partial charge < -0.3 is 14.1 Å². The highest BCUT2D eigenvalue weighted by atomic mass is 35.5. The average molecular weight is 436 g/mol. The monoisotopic (exact) mass is 435 g/mol. The lowest BCUT2D eigenvalue weighted by atomic mass is 10.1. The van der Waals surface area contributed by atoms with Crippen molar-refractivity contribution in [3.8, 4) is 17.2 Å². The SMILES string of the molecule is CC(C)N(Cc1nnc(-c2ccccc2Cl)o1)C(=O)COc1cccc2ccccc12. The summed E-state index contributed by atoms with van der Waals surface area (Å²) in [5.41, 5.74) is 0.657. The van der Waals surface area contributed by atoms with Gasteiger partial charge >= 0.3 is 0 Å². The Morgan fingerprint density at radius 2 is 1.77 bits per heavy atom. The zero-order valence-corrected chi connectivity index (χ0v) is 18.0. The minimum atomic E-state index is -0.166. The van der Waals surface area contributed by atoms with E-state index in [0.29, 0.717) is 28.1 Å². The standard InChI is InChI=1S/C24H22ClN3O3/c1-16(2)28(14-22-26-27-24(31-22)19-11-5-6-12-20(19)25)23(29)15-30-21-13-7-9-17-8-3-4-10-18(17)21/h3-13,16H,14-15H2,1-2H3. The number of rotatable bonds is 7. The Balaban J connectivity index is 1.46. The molecule has 4 aromatic rings.